The summed E-state index contributed by atoms with van der Waals surface area (Å²) in [4.78, 5) is 4.18. The molecule has 0 radical (unpaired) electrons. The van der Waals surface area contributed by atoms with Crippen molar-refractivity contribution in [2.45, 2.75) is 26.2 Å². The van der Waals surface area contributed by atoms with Gasteiger partial charge in [0.1, 0.15) is 11.6 Å². The quantitative estimate of drug-likeness (QED) is 0.662. The van der Waals surface area contributed by atoms with E-state index < -0.39 is 0 Å². The van der Waals surface area contributed by atoms with Gasteiger partial charge >= 0.3 is 0 Å². The van der Waals surface area contributed by atoms with Gasteiger partial charge in [-0.1, -0.05) is 39.0 Å². The van der Waals surface area contributed by atoms with Crippen LogP contribution in [0.3, 0.4) is 0 Å². The molecule has 0 atom stereocenters. The Hall–Kier alpha value is -2.36. The van der Waals surface area contributed by atoms with E-state index in [2.05, 4.69) is 31.8 Å². The SMILES string of the molecule is CC(C)(C)c1ccccc1Oc1ccc(C(=N)N)cn1. The summed E-state index contributed by atoms with van der Waals surface area (Å²) < 4.78 is 5.85. The molecule has 0 fully saturated rings. The van der Waals surface area contributed by atoms with Gasteiger partial charge in [-0.2, -0.15) is 0 Å². The first kappa shape index (κ1) is 14.1. The van der Waals surface area contributed by atoms with Crippen molar-refractivity contribution < 1.29 is 4.74 Å². The fourth-order valence-electron chi connectivity index (χ4n) is 1.89. The van der Waals surface area contributed by atoms with E-state index in [1.807, 2.05) is 18.2 Å². The first-order chi connectivity index (χ1) is 9.38. The summed E-state index contributed by atoms with van der Waals surface area (Å²) >= 11 is 0. The Morgan fingerprint density at radius 1 is 1.15 bits per heavy atom. The van der Waals surface area contributed by atoms with Crippen LogP contribution in [0.1, 0.15) is 31.9 Å². The Morgan fingerprint density at radius 2 is 1.85 bits per heavy atom. The molecule has 3 N–H and O–H groups in total. The van der Waals surface area contributed by atoms with E-state index in [0.29, 0.717) is 11.4 Å². The molecule has 0 aliphatic rings. The maximum absolute atomic E-state index is 7.34. The smallest absolute Gasteiger partial charge is 0.219 e. The molecule has 104 valence electrons. The van der Waals surface area contributed by atoms with E-state index in [9.17, 15) is 0 Å². The molecule has 0 saturated heterocycles. The average Bonchev–Trinajstić information content (AvgIpc) is 2.38. The fraction of sp³-hybridized carbons (Fsp3) is 0.250. The van der Waals surface area contributed by atoms with E-state index in [1.54, 1.807) is 12.1 Å². The van der Waals surface area contributed by atoms with Crippen LogP contribution in [-0.4, -0.2) is 10.8 Å². The summed E-state index contributed by atoms with van der Waals surface area (Å²) in [6.45, 7) is 6.42. The van der Waals surface area contributed by atoms with Crippen molar-refractivity contribution in [2.75, 3.05) is 0 Å². The lowest BCUT2D eigenvalue weighted by atomic mass is 9.86. The summed E-state index contributed by atoms with van der Waals surface area (Å²) in [6.07, 6.45) is 1.54. The molecule has 4 heteroatoms. The Labute approximate surface area is 119 Å². The number of amidine groups is 1. The Kier molecular flexibility index (Phi) is 3.74. The zero-order chi connectivity index (χ0) is 14.8. The fourth-order valence-corrected chi connectivity index (χ4v) is 1.89. The van der Waals surface area contributed by atoms with Crippen molar-refractivity contribution in [3.8, 4) is 11.6 Å². The number of aromatic nitrogens is 1. The highest BCUT2D eigenvalue weighted by molar-refractivity contribution is 5.94. The summed E-state index contributed by atoms with van der Waals surface area (Å²) in [5.41, 5.74) is 7.10. The lowest BCUT2D eigenvalue weighted by Crippen LogP contribution is -2.13. The molecule has 0 aliphatic carbocycles. The summed E-state index contributed by atoms with van der Waals surface area (Å²) in [7, 11) is 0. The molecule has 1 aromatic carbocycles. The maximum atomic E-state index is 7.34. The van der Waals surface area contributed by atoms with Gasteiger partial charge in [-0.3, -0.25) is 5.41 Å². The minimum absolute atomic E-state index is 0.000795. The Morgan fingerprint density at radius 3 is 2.40 bits per heavy atom. The van der Waals surface area contributed by atoms with Crippen LogP contribution >= 0.6 is 0 Å². The van der Waals surface area contributed by atoms with Gasteiger partial charge in [-0.25, -0.2) is 4.98 Å². The van der Waals surface area contributed by atoms with E-state index >= 15 is 0 Å². The number of hydrogen-bond acceptors (Lipinski definition) is 3. The standard InChI is InChI=1S/C16H19N3O/c1-16(2,3)12-6-4-5-7-13(12)20-14-9-8-11(10-19-14)15(17)18/h4-10H,1-3H3,(H3,17,18). The van der Waals surface area contributed by atoms with Crippen molar-refractivity contribution in [1.29, 1.82) is 5.41 Å². The van der Waals surface area contributed by atoms with Crippen LogP contribution in [0.2, 0.25) is 0 Å². The van der Waals surface area contributed by atoms with E-state index in [0.717, 1.165) is 11.3 Å². The zero-order valence-electron chi connectivity index (χ0n) is 12.0. The topological polar surface area (TPSA) is 72.0 Å². The molecule has 1 aromatic heterocycles. The van der Waals surface area contributed by atoms with Crippen LogP contribution in [-0.2, 0) is 5.41 Å². The molecule has 0 unspecified atom stereocenters. The lowest BCUT2D eigenvalue weighted by Gasteiger charge is -2.22. The first-order valence-corrected chi connectivity index (χ1v) is 6.46. The van der Waals surface area contributed by atoms with Gasteiger partial charge in [0.2, 0.25) is 5.88 Å². The van der Waals surface area contributed by atoms with Crippen LogP contribution < -0.4 is 10.5 Å². The van der Waals surface area contributed by atoms with Crippen molar-refractivity contribution in [2.24, 2.45) is 5.73 Å². The normalized spacial score (nSPS) is 11.2. The highest BCUT2D eigenvalue weighted by Gasteiger charge is 2.18. The predicted octanol–water partition coefficient (Wildman–Crippen LogP) is 3.46. The highest BCUT2D eigenvalue weighted by atomic mass is 16.5. The monoisotopic (exact) mass is 269 g/mol. The molecule has 20 heavy (non-hydrogen) atoms. The van der Waals surface area contributed by atoms with Crippen molar-refractivity contribution in [3.63, 3.8) is 0 Å². The molecular formula is C16H19N3O. The van der Waals surface area contributed by atoms with Gasteiger partial charge in [0.15, 0.2) is 0 Å². The van der Waals surface area contributed by atoms with E-state index in [-0.39, 0.29) is 11.3 Å². The van der Waals surface area contributed by atoms with Crippen LogP contribution in [0.4, 0.5) is 0 Å². The molecule has 2 aromatic rings. The second kappa shape index (κ2) is 5.33. The average molecular weight is 269 g/mol. The molecule has 0 spiro atoms. The van der Waals surface area contributed by atoms with Crippen molar-refractivity contribution in [1.82, 2.24) is 4.98 Å². The Balaban J connectivity index is 2.28. The minimum Gasteiger partial charge on any atom is -0.439 e. The number of nitrogens with zero attached hydrogens (tertiary/aromatic N) is 1. The summed E-state index contributed by atoms with van der Waals surface area (Å²) in [6, 6.07) is 11.4. The maximum Gasteiger partial charge on any atom is 0.219 e. The zero-order valence-corrected chi connectivity index (χ0v) is 12.0. The first-order valence-electron chi connectivity index (χ1n) is 6.46. The highest BCUT2D eigenvalue weighted by Crippen LogP contribution is 2.33. The number of pyridine rings is 1. The molecular weight excluding hydrogens is 250 g/mol. The number of ether oxygens (including phenoxy) is 1. The number of nitrogens with one attached hydrogen (secondary N) is 1. The molecule has 2 rings (SSSR count). The summed E-state index contributed by atoms with van der Waals surface area (Å²) in [5.74, 6) is 1.29. The number of nitrogen functional groups attached to an aromatic ring is 1. The van der Waals surface area contributed by atoms with Crippen molar-refractivity contribution in [3.05, 3.63) is 53.7 Å². The third-order valence-corrected chi connectivity index (χ3v) is 2.96. The van der Waals surface area contributed by atoms with Gasteiger partial charge in [-0.15, -0.1) is 0 Å². The predicted molar refractivity (Wildman–Crippen MR) is 80.5 cm³/mol. The molecule has 1 heterocycles. The second-order valence-corrected chi connectivity index (χ2v) is 5.65. The van der Waals surface area contributed by atoms with Crippen LogP contribution in [0.15, 0.2) is 42.6 Å². The number of rotatable bonds is 3. The molecule has 0 saturated carbocycles. The van der Waals surface area contributed by atoms with Crippen LogP contribution in [0.5, 0.6) is 11.6 Å². The number of hydrogen-bond donors (Lipinski definition) is 2. The number of benzene rings is 1. The van der Waals surface area contributed by atoms with Gasteiger partial charge in [0.25, 0.3) is 0 Å². The third kappa shape index (κ3) is 3.15. The lowest BCUT2D eigenvalue weighted by molar-refractivity contribution is 0.440. The van der Waals surface area contributed by atoms with E-state index in [1.165, 1.54) is 6.20 Å². The number of nitrogens with two attached hydrogens (primary N) is 1. The number of para-hydroxylation sites is 1. The molecule has 0 bridgehead atoms. The molecule has 0 aliphatic heterocycles. The summed E-state index contributed by atoms with van der Waals surface area (Å²) in [5, 5.41) is 7.34. The second-order valence-electron chi connectivity index (χ2n) is 5.65. The van der Waals surface area contributed by atoms with Gasteiger partial charge in [-0.05, 0) is 17.5 Å². The molecule has 0 amide bonds. The molecule has 4 nitrogen and oxygen atoms in total. The largest absolute Gasteiger partial charge is 0.439 e. The Bertz CT molecular complexity index is 612. The minimum atomic E-state index is -0.00405. The van der Waals surface area contributed by atoms with Crippen molar-refractivity contribution >= 4 is 5.84 Å². The van der Waals surface area contributed by atoms with Gasteiger partial charge < -0.3 is 10.5 Å². The van der Waals surface area contributed by atoms with Crippen LogP contribution in [0, 0.1) is 5.41 Å². The van der Waals surface area contributed by atoms with E-state index in [4.69, 9.17) is 15.9 Å². The van der Waals surface area contributed by atoms with Gasteiger partial charge in [0.05, 0.1) is 0 Å². The van der Waals surface area contributed by atoms with Gasteiger partial charge in [0, 0.05) is 23.4 Å². The third-order valence-electron chi connectivity index (χ3n) is 2.96. The van der Waals surface area contributed by atoms with Crippen LogP contribution in [0.25, 0.3) is 0 Å².